The van der Waals surface area contributed by atoms with Crippen molar-refractivity contribution >= 4 is 12.2 Å². The number of benzene rings is 1. The van der Waals surface area contributed by atoms with Crippen molar-refractivity contribution in [2.24, 2.45) is 0 Å². The van der Waals surface area contributed by atoms with Crippen LogP contribution in [-0.4, -0.2) is 16.9 Å². The van der Waals surface area contributed by atoms with Crippen LogP contribution < -0.4 is 0 Å². The lowest BCUT2D eigenvalue weighted by Crippen LogP contribution is -1.99. The van der Waals surface area contributed by atoms with Crippen LogP contribution >= 0.6 is 12.2 Å². The Balaban J connectivity index is 2.48. The van der Waals surface area contributed by atoms with Gasteiger partial charge < -0.3 is 4.74 Å². The number of aromatic nitrogens is 2. The van der Waals surface area contributed by atoms with Crippen LogP contribution in [0.1, 0.15) is 16.8 Å². The van der Waals surface area contributed by atoms with Gasteiger partial charge in [0, 0.05) is 7.11 Å². The minimum absolute atomic E-state index is 0.543. The van der Waals surface area contributed by atoms with Crippen LogP contribution in [0, 0.1) is 18.5 Å². The third kappa shape index (κ3) is 2.65. The van der Waals surface area contributed by atoms with E-state index in [-0.39, 0.29) is 0 Å². The molecule has 0 aliphatic carbocycles. The van der Waals surface area contributed by atoms with Crippen LogP contribution in [-0.2, 0) is 11.3 Å². The molecular weight excluding hydrogens is 232 g/mol. The lowest BCUT2D eigenvalue weighted by molar-refractivity contribution is 0.181. The Labute approximate surface area is 106 Å². The first-order valence-electron chi connectivity index (χ1n) is 5.48. The van der Waals surface area contributed by atoms with Crippen molar-refractivity contribution in [2.45, 2.75) is 20.5 Å². The summed E-state index contributed by atoms with van der Waals surface area (Å²) in [5.74, 6) is 0. The largest absolute Gasteiger partial charge is 0.378 e. The summed E-state index contributed by atoms with van der Waals surface area (Å²) in [7, 11) is 1.67. The molecule has 1 N–H and O–H groups in total. The average Bonchev–Trinajstić information content (AvgIpc) is 2.58. The maximum absolute atomic E-state index is 5.33. The van der Waals surface area contributed by atoms with Crippen molar-refractivity contribution in [1.29, 1.82) is 0 Å². The second kappa shape index (κ2) is 4.85. The van der Waals surface area contributed by atoms with E-state index in [1.165, 1.54) is 11.1 Å². The van der Waals surface area contributed by atoms with E-state index in [0.29, 0.717) is 6.61 Å². The number of rotatable bonds is 3. The van der Waals surface area contributed by atoms with Gasteiger partial charge in [0.1, 0.15) is 4.64 Å². The maximum Gasteiger partial charge on any atom is 0.128 e. The van der Waals surface area contributed by atoms with E-state index in [4.69, 9.17) is 17.0 Å². The van der Waals surface area contributed by atoms with Crippen molar-refractivity contribution in [3.63, 3.8) is 0 Å². The van der Waals surface area contributed by atoms with Gasteiger partial charge in [-0.15, -0.1) is 0 Å². The van der Waals surface area contributed by atoms with Gasteiger partial charge in [0.15, 0.2) is 0 Å². The molecule has 1 aromatic carbocycles. The van der Waals surface area contributed by atoms with E-state index >= 15 is 0 Å². The molecule has 4 heteroatoms. The van der Waals surface area contributed by atoms with E-state index in [1.54, 1.807) is 7.11 Å². The summed E-state index contributed by atoms with van der Waals surface area (Å²) in [5, 5.41) is 3.24. The van der Waals surface area contributed by atoms with Crippen LogP contribution in [0.5, 0.6) is 0 Å². The Hall–Kier alpha value is -1.39. The third-order valence-corrected chi connectivity index (χ3v) is 2.84. The molecule has 0 atom stereocenters. The number of H-pyrrole nitrogens is 1. The van der Waals surface area contributed by atoms with Crippen LogP contribution in [0.4, 0.5) is 0 Å². The molecule has 0 amide bonds. The SMILES string of the molecule is COCc1cc(=S)n(-c2cc(C)cc(C)c2)[nH]1. The predicted molar refractivity (Wildman–Crippen MR) is 71.1 cm³/mol. The van der Waals surface area contributed by atoms with E-state index in [2.05, 4.69) is 37.1 Å². The molecule has 2 aromatic rings. The zero-order chi connectivity index (χ0) is 12.4. The fourth-order valence-electron chi connectivity index (χ4n) is 1.95. The highest BCUT2D eigenvalue weighted by Crippen LogP contribution is 2.14. The average molecular weight is 248 g/mol. The topological polar surface area (TPSA) is 29.9 Å². The first kappa shape index (κ1) is 12.1. The van der Waals surface area contributed by atoms with Gasteiger partial charge in [0.05, 0.1) is 18.0 Å². The summed E-state index contributed by atoms with van der Waals surface area (Å²) in [6.45, 7) is 4.71. The second-order valence-corrected chi connectivity index (χ2v) is 4.65. The zero-order valence-corrected chi connectivity index (χ0v) is 11.1. The summed E-state index contributed by atoms with van der Waals surface area (Å²) in [6.07, 6.45) is 0. The molecular formula is C13H16N2OS. The number of aromatic amines is 1. The van der Waals surface area contributed by atoms with Gasteiger partial charge in [-0.3, -0.25) is 5.10 Å². The number of ether oxygens (including phenoxy) is 1. The van der Waals surface area contributed by atoms with Crippen LogP contribution in [0.15, 0.2) is 24.3 Å². The lowest BCUT2D eigenvalue weighted by Gasteiger charge is -2.06. The van der Waals surface area contributed by atoms with Crippen molar-refractivity contribution in [3.8, 4) is 5.69 Å². The molecule has 0 aliphatic heterocycles. The Morgan fingerprint density at radius 1 is 1.18 bits per heavy atom. The van der Waals surface area contributed by atoms with Gasteiger partial charge in [0.25, 0.3) is 0 Å². The highest BCUT2D eigenvalue weighted by molar-refractivity contribution is 7.71. The summed E-state index contributed by atoms with van der Waals surface area (Å²) in [6, 6.07) is 8.29. The Bertz CT molecular complexity index is 563. The third-order valence-electron chi connectivity index (χ3n) is 2.54. The molecule has 1 aromatic heterocycles. The maximum atomic E-state index is 5.33. The number of hydrogen-bond donors (Lipinski definition) is 1. The molecule has 1 heterocycles. The molecule has 0 spiro atoms. The van der Waals surface area contributed by atoms with Crippen molar-refractivity contribution in [2.75, 3.05) is 7.11 Å². The van der Waals surface area contributed by atoms with E-state index in [1.807, 2.05) is 10.7 Å². The fourth-order valence-corrected chi connectivity index (χ4v) is 2.24. The number of aryl methyl sites for hydroxylation is 2. The quantitative estimate of drug-likeness (QED) is 0.845. The summed E-state index contributed by atoms with van der Waals surface area (Å²) in [4.78, 5) is 0. The molecule has 90 valence electrons. The summed E-state index contributed by atoms with van der Waals surface area (Å²) >= 11 is 5.33. The van der Waals surface area contributed by atoms with Gasteiger partial charge in [-0.1, -0.05) is 18.3 Å². The van der Waals surface area contributed by atoms with Crippen molar-refractivity contribution in [1.82, 2.24) is 9.78 Å². The molecule has 0 aliphatic rings. The standard InChI is InChI=1S/C13H16N2OS/c1-9-4-10(2)6-12(5-9)15-13(17)7-11(14-15)8-16-3/h4-7,14H,8H2,1-3H3. The van der Waals surface area contributed by atoms with E-state index in [0.717, 1.165) is 16.0 Å². The minimum atomic E-state index is 0.543. The summed E-state index contributed by atoms with van der Waals surface area (Å²) in [5.41, 5.74) is 4.50. The lowest BCUT2D eigenvalue weighted by atomic mass is 10.1. The van der Waals surface area contributed by atoms with Gasteiger partial charge in [-0.2, -0.15) is 0 Å². The van der Waals surface area contributed by atoms with Gasteiger partial charge in [-0.05, 0) is 43.2 Å². The highest BCUT2D eigenvalue weighted by atomic mass is 32.1. The van der Waals surface area contributed by atoms with Crippen LogP contribution in [0.2, 0.25) is 0 Å². The van der Waals surface area contributed by atoms with E-state index in [9.17, 15) is 0 Å². The molecule has 0 radical (unpaired) electrons. The minimum Gasteiger partial charge on any atom is -0.378 e. The van der Waals surface area contributed by atoms with Crippen LogP contribution in [0.25, 0.3) is 5.69 Å². The molecule has 0 saturated carbocycles. The number of hydrogen-bond acceptors (Lipinski definition) is 2. The molecule has 17 heavy (non-hydrogen) atoms. The van der Waals surface area contributed by atoms with Gasteiger partial charge >= 0.3 is 0 Å². The molecule has 0 unspecified atom stereocenters. The number of methoxy groups -OCH3 is 1. The molecule has 2 rings (SSSR count). The highest BCUT2D eigenvalue weighted by Gasteiger charge is 2.03. The van der Waals surface area contributed by atoms with Crippen molar-refractivity contribution < 1.29 is 4.74 Å². The van der Waals surface area contributed by atoms with Crippen LogP contribution in [0.3, 0.4) is 0 Å². The predicted octanol–water partition coefficient (Wildman–Crippen LogP) is 3.30. The first-order chi connectivity index (χ1) is 8.10. The Kier molecular flexibility index (Phi) is 3.45. The Morgan fingerprint density at radius 3 is 2.41 bits per heavy atom. The Morgan fingerprint density at radius 2 is 1.82 bits per heavy atom. The normalized spacial score (nSPS) is 10.8. The first-order valence-corrected chi connectivity index (χ1v) is 5.89. The fraction of sp³-hybridized carbons (Fsp3) is 0.308. The van der Waals surface area contributed by atoms with Gasteiger partial charge in [-0.25, -0.2) is 4.68 Å². The molecule has 3 nitrogen and oxygen atoms in total. The number of nitrogens with one attached hydrogen (secondary N) is 1. The molecule has 0 saturated heterocycles. The monoisotopic (exact) mass is 248 g/mol. The molecule has 0 fully saturated rings. The summed E-state index contributed by atoms with van der Waals surface area (Å²) < 4.78 is 7.76. The van der Waals surface area contributed by atoms with Crippen molar-refractivity contribution in [3.05, 3.63) is 45.7 Å². The molecule has 0 bridgehead atoms. The van der Waals surface area contributed by atoms with E-state index < -0.39 is 0 Å². The number of nitrogens with zero attached hydrogens (tertiary/aromatic N) is 1. The second-order valence-electron chi connectivity index (χ2n) is 4.23. The van der Waals surface area contributed by atoms with Gasteiger partial charge in [0.2, 0.25) is 0 Å². The zero-order valence-electron chi connectivity index (χ0n) is 10.3. The smallest absolute Gasteiger partial charge is 0.128 e.